The van der Waals surface area contributed by atoms with E-state index < -0.39 is 26.7 Å². The second-order valence-electron chi connectivity index (χ2n) is 5.15. The van der Waals surface area contributed by atoms with Crippen molar-refractivity contribution in [1.29, 1.82) is 0 Å². The molecule has 26 heavy (non-hydrogen) atoms. The van der Waals surface area contributed by atoms with Crippen molar-refractivity contribution in [3.63, 3.8) is 0 Å². The summed E-state index contributed by atoms with van der Waals surface area (Å²) in [5.41, 5.74) is 1.35. The molecule has 0 atom stereocenters. The van der Waals surface area contributed by atoms with Gasteiger partial charge in [0.25, 0.3) is 10.0 Å². The number of aromatic nitrogens is 1. The highest BCUT2D eigenvalue weighted by atomic mass is 32.2. The summed E-state index contributed by atoms with van der Waals surface area (Å²) in [6, 6.07) is 12.2. The summed E-state index contributed by atoms with van der Waals surface area (Å²) in [7, 11) is -3.11. The van der Waals surface area contributed by atoms with Crippen molar-refractivity contribution in [2.75, 3.05) is 11.8 Å². The lowest BCUT2D eigenvalue weighted by Gasteiger charge is -2.08. The minimum absolute atomic E-state index is 0.0709. The molecule has 6 nitrogen and oxygen atoms in total. The fourth-order valence-corrected chi connectivity index (χ4v) is 4.26. The highest BCUT2D eigenvalue weighted by molar-refractivity contribution is 7.93. The summed E-state index contributed by atoms with van der Waals surface area (Å²) in [6.07, 6.45) is 0. The van der Waals surface area contributed by atoms with Crippen molar-refractivity contribution in [2.45, 2.75) is 4.90 Å². The van der Waals surface area contributed by atoms with E-state index in [-0.39, 0.29) is 10.7 Å². The number of hydrogen-bond acceptors (Lipinski definition) is 6. The molecule has 0 aliphatic rings. The molecule has 2 aromatic carbocycles. The SMILES string of the molecule is COC(=O)c1ccc(F)c(S(=O)(=O)Nc2nc(-c3ccccc3)cs2)c1. The largest absolute Gasteiger partial charge is 0.465 e. The van der Waals surface area contributed by atoms with Crippen LogP contribution in [0.1, 0.15) is 10.4 Å². The fraction of sp³-hybridized carbons (Fsp3) is 0.0588. The number of carbonyl (C=O) groups excluding carboxylic acids is 1. The van der Waals surface area contributed by atoms with E-state index in [1.165, 1.54) is 0 Å². The van der Waals surface area contributed by atoms with Crippen LogP contribution in [0, 0.1) is 5.82 Å². The van der Waals surface area contributed by atoms with Gasteiger partial charge in [0.2, 0.25) is 0 Å². The first-order valence-corrected chi connectivity index (χ1v) is 9.68. The number of ether oxygens (including phenoxy) is 1. The van der Waals surface area contributed by atoms with E-state index in [1.807, 2.05) is 30.3 Å². The minimum atomic E-state index is -4.26. The minimum Gasteiger partial charge on any atom is -0.465 e. The Labute approximate surface area is 153 Å². The van der Waals surface area contributed by atoms with Gasteiger partial charge in [0.05, 0.1) is 18.4 Å². The summed E-state index contributed by atoms with van der Waals surface area (Å²) >= 11 is 1.07. The van der Waals surface area contributed by atoms with E-state index in [9.17, 15) is 17.6 Å². The number of carbonyl (C=O) groups is 1. The van der Waals surface area contributed by atoms with E-state index in [4.69, 9.17) is 0 Å². The Balaban J connectivity index is 1.90. The van der Waals surface area contributed by atoms with Gasteiger partial charge in [0, 0.05) is 10.9 Å². The van der Waals surface area contributed by atoms with Gasteiger partial charge in [-0.1, -0.05) is 30.3 Å². The molecule has 3 rings (SSSR count). The molecule has 1 aromatic heterocycles. The summed E-state index contributed by atoms with van der Waals surface area (Å²) in [5, 5.41) is 1.78. The molecule has 0 aliphatic heterocycles. The zero-order valence-corrected chi connectivity index (χ0v) is 15.1. The number of hydrogen-bond donors (Lipinski definition) is 1. The first kappa shape index (κ1) is 18.0. The van der Waals surface area contributed by atoms with E-state index in [1.54, 1.807) is 5.38 Å². The smallest absolute Gasteiger partial charge is 0.337 e. The molecular weight excluding hydrogens is 379 g/mol. The second-order valence-corrected chi connectivity index (χ2v) is 7.66. The van der Waals surface area contributed by atoms with E-state index in [2.05, 4.69) is 14.4 Å². The van der Waals surface area contributed by atoms with Gasteiger partial charge in [0.15, 0.2) is 5.13 Å². The topological polar surface area (TPSA) is 85.4 Å². The van der Waals surface area contributed by atoms with Crippen LogP contribution in [0.5, 0.6) is 0 Å². The van der Waals surface area contributed by atoms with Crippen LogP contribution in [0.2, 0.25) is 0 Å². The average Bonchev–Trinajstić information content (AvgIpc) is 3.09. The summed E-state index contributed by atoms with van der Waals surface area (Å²) in [5.74, 6) is -1.74. The number of nitrogens with zero attached hydrogens (tertiary/aromatic N) is 1. The first-order valence-electron chi connectivity index (χ1n) is 7.32. The zero-order chi connectivity index (χ0) is 18.7. The molecule has 0 spiro atoms. The van der Waals surface area contributed by atoms with Crippen molar-refractivity contribution >= 4 is 32.5 Å². The Morgan fingerprint density at radius 2 is 1.92 bits per heavy atom. The third kappa shape index (κ3) is 3.73. The molecule has 0 bridgehead atoms. The number of benzene rings is 2. The predicted octanol–water partition coefficient (Wildman–Crippen LogP) is 3.54. The van der Waals surface area contributed by atoms with Crippen molar-refractivity contribution in [2.24, 2.45) is 0 Å². The van der Waals surface area contributed by atoms with Gasteiger partial charge in [-0.25, -0.2) is 22.6 Å². The molecule has 0 amide bonds. The number of halogens is 1. The van der Waals surface area contributed by atoms with E-state index in [0.29, 0.717) is 5.69 Å². The highest BCUT2D eigenvalue weighted by Gasteiger charge is 2.23. The Kier molecular flexibility index (Phi) is 5.01. The third-order valence-electron chi connectivity index (χ3n) is 3.44. The maximum Gasteiger partial charge on any atom is 0.337 e. The van der Waals surface area contributed by atoms with Gasteiger partial charge in [-0.05, 0) is 18.2 Å². The molecule has 1 N–H and O–H groups in total. The Hall–Kier alpha value is -2.78. The van der Waals surface area contributed by atoms with Crippen molar-refractivity contribution in [3.8, 4) is 11.3 Å². The van der Waals surface area contributed by atoms with Crippen molar-refractivity contribution in [1.82, 2.24) is 4.98 Å². The van der Waals surface area contributed by atoms with Gasteiger partial charge in [-0.15, -0.1) is 11.3 Å². The van der Waals surface area contributed by atoms with Crippen molar-refractivity contribution in [3.05, 3.63) is 65.3 Å². The first-order chi connectivity index (χ1) is 12.4. The van der Waals surface area contributed by atoms with Crippen LogP contribution < -0.4 is 4.72 Å². The number of esters is 1. The molecule has 0 fully saturated rings. The average molecular weight is 392 g/mol. The van der Waals surface area contributed by atoms with Gasteiger partial charge in [0.1, 0.15) is 10.7 Å². The molecule has 0 aliphatic carbocycles. The van der Waals surface area contributed by atoms with Crippen LogP contribution in [0.3, 0.4) is 0 Å². The highest BCUT2D eigenvalue weighted by Crippen LogP contribution is 2.27. The van der Waals surface area contributed by atoms with Crippen molar-refractivity contribution < 1.29 is 22.3 Å². The molecule has 0 unspecified atom stereocenters. The fourth-order valence-electron chi connectivity index (χ4n) is 2.19. The van der Waals surface area contributed by atoms with E-state index >= 15 is 0 Å². The molecule has 1 heterocycles. The van der Waals surface area contributed by atoms with Gasteiger partial charge in [-0.3, -0.25) is 4.72 Å². The molecular formula is C17H13FN2O4S2. The number of sulfonamides is 1. The Bertz CT molecular complexity index is 1050. The zero-order valence-electron chi connectivity index (χ0n) is 13.5. The predicted molar refractivity (Wildman–Crippen MR) is 96.1 cm³/mol. The molecule has 134 valence electrons. The number of methoxy groups -OCH3 is 1. The molecule has 3 aromatic rings. The monoisotopic (exact) mass is 392 g/mol. The van der Waals surface area contributed by atoms with Crippen LogP contribution in [-0.4, -0.2) is 26.5 Å². The van der Waals surface area contributed by atoms with Crippen LogP contribution in [-0.2, 0) is 14.8 Å². The molecule has 0 saturated carbocycles. The van der Waals surface area contributed by atoms with E-state index in [0.717, 1.165) is 42.2 Å². The summed E-state index contributed by atoms with van der Waals surface area (Å²) in [6.45, 7) is 0. The number of nitrogens with one attached hydrogen (secondary N) is 1. The lowest BCUT2D eigenvalue weighted by molar-refractivity contribution is 0.0600. The number of anilines is 1. The number of rotatable bonds is 5. The third-order valence-corrected chi connectivity index (χ3v) is 5.68. The van der Waals surface area contributed by atoms with Crippen LogP contribution in [0.15, 0.2) is 58.8 Å². The van der Waals surface area contributed by atoms with Crippen LogP contribution in [0.25, 0.3) is 11.3 Å². The normalized spacial score (nSPS) is 11.2. The molecule has 0 radical (unpaired) electrons. The molecule has 9 heteroatoms. The Morgan fingerprint density at radius 3 is 2.62 bits per heavy atom. The van der Waals surface area contributed by atoms with Crippen LogP contribution >= 0.6 is 11.3 Å². The number of thiazole rings is 1. The second kappa shape index (κ2) is 7.22. The summed E-state index contributed by atoms with van der Waals surface area (Å²) < 4.78 is 45.8. The van der Waals surface area contributed by atoms with Gasteiger partial charge in [-0.2, -0.15) is 0 Å². The maximum absolute atomic E-state index is 14.0. The summed E-state index contributed by atoms with van der Waals surface area (Å²) in [4.78, 5) is 15.1. The lowest BCUT2D eigenvalue weighted by Crippen LogP contribution is -2.15. The van der Waals surface area contributed by atoms with Crippen LogP contribution in [0.4, 0.5) is 9.52 Å². The quantitative estimate of drug-likeness (QED) is 0.672. The standard InChI is InChI=1S/C17H13FN2O4S2/c1-24-16(21)12-7-8-13(18)15(9-12)26(22,23)20-17-19-14(10-25-17)11-5-3-2-4-6-11/h2-10H,1H3,(H,19,20). The molecule has 0 saturated heterocycles. The lowest BCUT2D eigenvalue weighted by atomic mass is 10.2. The maximum atomic E-state index is 14.0. The Morgan fingerprint density at radius 1 is 1.19 bits per heavy atom. The van der Waals surface area contributed by atoms with Gasteiger partial charge < -0.3 is 4.74 Å². The van der Waals surface area contributed by atoms with Gasteiger partial charge >= 0.3 is 5.97 Å².